The van der Waals surface area contributed by atoms with Gasteiger partial charge in [-0.1, -0.05) is 70.4 Å². The van der Waals surface area contributed by atoms with Crippen molar-refractivity contribution in [3.8, 4) is 0 Å². The van der Waals surface area contributed by atoms with Crippen molar-refractivity contribution in [3.05, 3.63) is 35.9 Å². The summed E-state index contributed by atoms with van der Waals surface area (Å²) in [6, 6.07) is 9.29. The van der Waals surface area contributed by atoms with E-state index in [2.05, 4.69) is 20.8 Å². The Labute approximate surface area is 134 Å². The van der Waals surface area contributed by atoms with Crippen LogP contribution in [0.2, 0.25) is 0 Å². The molecule has 0 heterocycles. The summed E-state index contributed by atoms with van der Waals surface area (Å²) >= 11 is 0. The molecule has 3 unspecified atom stereocenters. The van der Waals surface area contributed by atoms with Gasteiger partial charge in [0, 0.05) is 0 Å². The van der Waals surface area contributed by atoms with Crippen molar-refractivity contribution in [1.29, 1.82) is 0 Å². The van der Waals surface area contributed by atoms with E-state index in [1.807, 2.05) is 30.3 Å². The summed E-state index contributed by atoms with van der Waals surface area (Å²) in [5.74, 6) is 0.471. The van der Waals surface area contributed by atoms with E-state index in [1.54, 1.807) is 0 Å². The average Bonchev–Trinajstić information content (AvgIpc) is 2.54. The second-order valence-electron chi connectivity index (χ2n) is 6.23. The van der Waals surface area contributed by atoms with E-state index >= 15 is 0 Å². The highest BCUT2D eigenvalue weighted by Gasteiger charge is 2.26. The second kappa shape index (κ2) is 10.4. The zero-order chi connectivity index (χ0) is 16.4. The van der Waals surface area contributed by atoms with Gasteiger partial charge in [-0.25, -0.2) is 0 Å². The first kappa shape index (κ1) is 18.7. The number of carbonyl (C=O) groups excluding carboxylic acids is 1. The first-order chi connectivity index (χ1) is 10.6. The topological polar surface area (TPSA) is 46.5 Å². The number of benzene rings is 1. The minimum absolute atomic E-state index is 0.0201. The van der Waals surface area contributed by atoms with Gasteiger partial charge in [-0.15, -0.1) is 0 Å². The quantitative estimate of drug-likeness (QED) is 0.833. The Balaban J connectivity index is 0.000000745. The lowest BCUT2D eigenvalue weighted by molar-refractivity contribution is -0.153. The van der Waals surface area contributed by atoms with Crippen molar-refractivity contribution < 1.29 is 14.6 Å². The molecule has 22 heavy (non-hydrogen) atoms. The summed E-state index contributed by atoms with van der Waals surface area (Å²) in [7, 11) is 0. The zero-order valence-corrected chi connectivity index (χ0v) is 14.1. The molecule has 1 aliphatic carbocycles. The number of ether oxygens (including phenoxy) is 1. The lowest BCUT2D eigenvalue weighted by Crippen LogP contribution is -2.25. The van der Waals surface area contributed by atoms with Gasteiger partial charge in [0.2, 0.25) is 0 Å². The van der Waals surface area contributed by atoms with E-state index in [0.717, 1.165) is 24.8 Å². The maximum atomic E-state index is 11.9. The number of hydrogen-bond acceptors (Lipinski definition) is 3. The van der Waals surface area contributed by atoms with Crippen molar-refractivity contribution in [1.82, 2.24) is 0 Å². The Bertz CT molecular complexity index is 416. The number of esters is 1. The number of carbonyl (C=O) groups is 1. The van der Waals surface area contributed by atoms with Gasteiger partial charge in [0.25, 0.3) is 0 Å². The van der Waals surface area contributed by atoms with Crippen molar-refractivity contribution in [2.24, 2.45) is 11.8 Å². The van der Waals surface area contributed by atoms with Crippen LogP contribution < -0.4 is 0 Å². The Morgan fingerprint density at radius 3 is 2.50 bits per heavy atom. The van der Waals surface area contributed by atoms with E-state index in [-0.39, 0.29) is 18.5 Å². The van der Waals surface area contributed by atoms with Crippen LogP contribution >= 0.6 is 0 Å². The van der Waals surface area contributed by atoms with Crippen molar-refractivity contribution >= 4 is 5.97 Å². The third-order valence-corrected chi connectivity index (χ3v) is 3.84. The molecule has 0 saturated heterocycles. The fourth-order valence-electron chi connectivity index (χ4n) is 2.70. The minimum Gasteiger partial charge on any atom is -0.462 e. The first-order valence-corrected chi connectivity index (χ1v) is 8.48. The zero-order valence-electron chi connectivity index (χ0n) is 14.1. The second-order valence-corrected chi connectivity index (χ2v) is 6.23. The van der Waals surface area contributed by atoms with E-state index in [4.69, 9.17) is 4.74 Å². The molecule has 1 aromatic rings. The Kier molecular flexibility index (Phi) is 8.83. The monoisotopic (exact) mass is 306 g/mol. The number of aliphatic hydroxyl groups excluding tert-OH is 1. The highest BCUT2D eigenvalue weighted by molar-refractivity contribution is 5.72. The predicted molar refractivity (Wildman–Crippen MR) is 89.4 cm³/mol. The van der Waals surface area contributed by atoms with Gasteiger partial charge in [-0.05, 0) is 24.3 Å². The third-order valence-electron chi connectivity index (χ3n) is 3.84. The molecular formula is C19H30O3. The molecule has 2 rings (SSSR count). The molecule has 1 saturated carbocycles. The van der Waals surface area contributed by atoms with Crippen LogP contribution in [-0.4, -0.2) is 17.7 Å². The molecule has 0 aromatic heterocycles. The predicted octanol–water partition coefficient (Wildman–Crippen LogP) is 4.51. The lowest BCUT2D eigenvalue weighted by atomic mass is 9.82. The molecule has 1 fully saturated rings. The first-order valence-electron chi connectivity index (χ1n) is 8.48. The van der Waals surface area contributed by atoms with E-state index in [9.17, 15) is 9.90 Å². The average molecular weight is 306 g/mol. The Morgan fingerprint density at radius 1 is 1.27 bits per heavy atom. The fourth-order valence-corrected chi connectivity index (χ4v) is 2.70. The van der Waals surface area contributed by atoms with Gasteiger partial charge in [0.05, 0.1) is 5.92 Å². The van der Waals surface area contributed by atoms with Crippen LogP contribution in [0, 0.1) is 11.8 Å². The maximum absolute atomic E-state index is 11.9. The minimum atomic E-state index is -0.730. The van der Waals surface area contributed by atoms with Crippen molar-refractivity contribution in [3.63, 3.8) is 0 Å². The summed E-state index contributed by atoms with van der Waals surface area (Å²) in [5.41, 5.74) is 0.785. The van der Waals surface area contributed by atoms with Crippen LogP contribution in [0.4, 0.5) is 0 Å². The summed E-state index contributed by atoms with van der Waals surface area (Å²) in [4.78, 5) is 11.9. The SMILES string of the molecule is CC1CCCC(C(=O)OCC(O)c2ccccc2)C1.CCC. The molecule has 0 aliphatic heterocycles. The van der Waals surface area contributed by atoms with Crippen LogP contribution in [0.3, 0.4) is 0 Å². The highest BCUT2D eigenvalue weighted by atomic mass is 16.5. The third kappa shape index (κ3) is 6.61. The molecule has 0 spiro atoms. The molecular weight excluding hydrogens is 276 g/mol. The molecule has 3 nitrogen and oxygen atoms in total. The van der Waals surface area contributed by atoms with Crippen LogP contribution in [0.15, 0.2) is 30.3 Å². The Hall–Kier alpha value is -1.35. The van der Waals surface area contributed by atoms with Crippen molar-refractivity contribution in [2.45, 2.75) is 59.0 Å². The Morgan fingerprint density at radius 2 is 1.91 bits per heavy atom. The largest absolute Gasteiger partial charge is 0.462 e. The molecule has 1 aliphatic rings. The fraction of sp³-hybridized carbons (Fsp3) is 0.632. The van der Waals surface area contributed by atoms with Crippen LogP contribution in [0.5, 0.6) is 0 Å². The molecule has 0 amide bonds. The van der Waals surface area contributed by atoms with Crippen LogP contribution in [-0.2, 0) is 9.53 Å². The lowest BCUT2D eigenvalue weighted by Gasteiger charge is -2.25. The standard InChI is InChI=1S/C16H22O3.C3H8/c1-12-6-5-9-14(10-12)16(18)19-11-15(17)13-7-3-2-4-8-13;1-3-2/h2-4,7-8,12,14-15,17H,5-6,9-11H2,1H3;3H2,1-2H3. The van der Waals surface area contributed by atoms with Crippen LogP contribution in [0.25, 0.3) is 0 Å². The van der Waals surface area contributed by atoms with E-state index < -0.39 is 6.10 Å². The van der Waals surface area contributed by atoms with E-state index in [1.165, 1.54) is 12.8 Å². The molecule has 124 valence electrons. The van der Waals surface area contributed by atoms with Gasteiger partial charge in [0.1, 0.15) is 12.7 Å². The summed E-state index contributed by atoms with van der Waals surface area (Å²) in [6.45, 7) is 6.48. The van der Waals surface area contributed by atoms with E-state index in [0.29, 0.717) is 5.92 Å². The van der Waals surface area contributed by atoms with Crippen molar-refractivity contribution in [2.75, 3.05) is 6.61 Å². The summed E-state index contributed by atoms with van der Waals surface area (Å²) < 4.78 is 5.26. The number of hydrogen-bond donors (Lipinski definition) is 1. The van der Waals surface area contributed by atoms with Gasteiger partial charge in [0.15, 0.2) is 0 Å². The maximum Gasteiger partial charge on any atom is 0.309 e. The molecule has 3 heteroatoms. The number of aliphatic hydroxyl groups is 1. The number of rotatable bonds is 4. The molecule has 0 radical (unpaired) electrons. The highest BCUT2D eigenvalue weighted by Crippen LogP contribution is 2.29. The smallest absolute Gasteiger partial charge is 0.309 e. The molecule has 1 aromatic carbocycles. The summed E-state index contributed by atoms with van der Waals surface area (Å²) in [5, 5.41) is 9.94. The normalized spacial score (nSPS) is 22.2. The van der Waals surface area contributed by atoms with Crippen LogP contribution in [0.1, 0.15) is 64.5 Å². The molecule has 0 bridgehead atoms. The van der Waals surface area contributed by atoms with Gasteiger partial charge in [-0.2, -0.15) is 0 Å². The van der Waals surface area contributed by atoms with Gasteiger partial charge >= 0.3 is 5.97 Å². The van der Waals surface area contributed by atoms with Gasteiger partial charge < -0.3 is 9.84 Å². The summed E-state index contributed by atoms with van der Waals surface area (Å²) in [6.07, 6.45) is 4.66. The molecule has 3 atom stereocenters. The van der Waals surface area contributed by atoms with Gasteiger partial charge in [-0.3, -0.25) is 4.79 Å². The molecule has 1 N–H and O–H groups in total.